The van der Waals surface area contributed by atoms with E-state index in [1.165, 1.54) is 0 Å². The molecule has 6 heteroatoms. The molecule has 24 heavy (non-hydrogen) atoms. The largest absolute Gasteiger partial charge is 0.334 e. The molecule has 4 aromatic rings. The summed E-state index contributed by atoms with van der Waals surface area (Å²) in [6.45, 7) is 0. The van der Waals surface area contributed by atoms with Crippen LogP contribution in [0.3, 0.4) is 0 Å². The van der Waals surface area contributed by atoms with Crippen LogP contribution in [0.15, 0.2) is 71.5 Å². The molecular weight excluding hydrogens is 345 g/mol. The monoisotopic (exact) mass is 355 g/mol. The molecule has 2 aromatic carbocycles. The molecule has 0 aliphatic carbocycles. The molecule has 0 radical (unpaired) electrons. The minimum absolute atomic E-state index is 0.401. The fourth-order valence-corrected chi connectivity index (χ4v) is 2.67. The fraction of sp³-hybridized carbons (Fsp3) is 0. The zero-order chi connectivity index (χ0) is 16.5. The molecule has 0 aliphatic heterocycles. The second kappa shape index (κ2) is 6.15. The molecule has 4 nitrogen and oxygen atoms in total. The predicted molar refractivity (Wildman–Crippen MR) is 94.5 cm³/mol. The molecule has 118 valence electrons. The highest BCUT2D eigenvalue weighted by atomic mass is 35.5. The molecule has 0 unspecified atom stereocenters. The van der Waals surface area contributed by atoms with Crippen LogP contribution in [0.4, 0.5) is 0 Å². The van der Waals surface area contributed by atoms with Gasteiger partial charge in [-0.05, 0) is 54.6 Å². The highest BCUT2D eigenvalue weighted by molar-refractivity contribution is 6.42. The van der Waals surface area contributed by atoms with Crippen molar-refractivity contribution in [2.24, 2.45) is 0 Å². The van der Waals surface area contributed by atoms with Gasteiger partial charge in [-0.3, -0.25) is 0 Å². The Kier molecular flexibility index (Phi) is 3.84. The summed E-state index contributed by atoms with van der Waals surface area (Å²) in [5.41, 5.74) is 2.67. The lowest BCUT2D eigenvalue weighted by molar-refractivity contribution is 0.432. The minimum Gasteiger partial charge on any atom is -0.334 e. The summed E-state index contributed by atoms with van der Waals surface area (Å²) in [5.74, 6) is 0.924. The van der Waals surface area contributed by atoms with Crippen molar-refractivity contribution in [1.82, 2.24) is 14.7 Å². The van der Waals surface area contributed by atoms with Gasteiger partial charge in [0.1, 0.15) is 0 Å². The van der Waals surface area contributed by atoms with Crippen LogP contribution in [-0.2, 0) is 0 Å². The van der Waals surface area contributed by atoms with Crippen LogP contribution >= 0.6 is 23.2 Å². The van der Waals surface area contributed by atoms with E-state index in [9.17, 15) is 0 Å². The third-order valence-corrected chi connectivity index (χ3v) is 4.36. The molecule has 0 N–H and O–H groups in total. The van der Waals surface area contributed by atoms with E-state index in [-0.39, 0.29) is 0 Å². The maximum absolute atomic E-state index is 6.03. The molecule has 0 fully saturated rings. The van der Waals surface area contributed by atoms with E-state index in [2.05, 4.69) is 10.1 Å². The van der Waals surface area contributed by atoms with Gasteiger partial charge in [-0.2, -0.15) is 4.98 Å². The van der Waals surface area contributed by atoms with Crippen molar-refractivity contribution in [2.45, 2.75) is 0 Å². The van der Waals surface area contributed by atoms with Crippen molar-refractivity contribution < 1.29 is 4.52 Å². The van der Waals surface area contributed by atoms with E-state index in [0.29, 0.717) is 21.8 Å². The second-order valence-corrected chi connectivity index (χ2v) is 6.00. The molecule has 0 saturated heterocycles. The van der Waals surface area contributed by atoms with E-state index in [0.717, 1.165) is 16.8 Å². The van der Waals surface area contributed by atoms with Gasteiger partial charge in [0.15, 0.2) is 0 Å². The molecule has 4 rings (SSSR count). The number of hydrogen-bond donors (Lipinski definition) is 0. The number of benzene rings is 2. The zero-order valence-electron chi connectivity index (χ0n) is 12.4. The topological polar surface area (TPSA) is 43.9 Å². The van der Waals surface area contributed by atoms with Crippen LogP contribution in [0.25, 0.3) is 28.5 Å². The smallest absolute Gasteiger partial charge is 0.258 e. The van der Waals surface area contributed by atoms with Gasteiger partial charge in [0, 0.05) is 29.2 Å². The summed E-state index contributed by atoms with van der Waals surface area (Å²) in [5, 5.41) is 4.97. The maximum Gasteiger partial charge on any atom is 0.258 e. The van der Waals surface area contributed by atoms with Crippen LogP contribution in [0.5, 0.6) is 0 Å². The van der Waals surface area contributed by atoms with Crippen molar-refractivity contribution in [3.05, 3.63) is 77.0 Å². The van der Waals surface area contributed by atoms with E-state index >= 15 is 0 Å². The fourth-order valence-electron chi connectivity index (χ4n) is 2.38. The summed E-state index contributed by atoms with van der Waals surface area (Å²) in [4.78, 5) is 4.43. The number of rotatable bonds is 3. The van der Waals surface area contributed by atoms with Crippen LogP contribution in [0.2, 0.25) is 10.0 Å². The molecule has 2 heterocycles. The standard InChI is InChI=1S/C18H11Cl2N3O/c19-15-8-5-13(11-16(15)20)18-21-17(22-24-18)12-3-6-14(7-4-12)23-9-1-2-10-23/h1-11H. The third kappa shape index (κ3) is 2.82. The molecular formula is C18H11Cl2N3O. The van der Waals surface area contributed by atoms with Gasteiger partial charge < -0.3 is 9.09 Å². The Morgan fingerprint density at radius 1 is 0.833 bits per heavy atom. The Balaban J connectivity index is 1.63. The van der Waals surface area contributed by atoms with Gasteiger partial charge in [0.25, 0.3) is 5.89 Å². The Bertz CT molecular complexity index is 976. The number of hydrogen-bond acceptors (Lipinski definition) is 3. The van der Waals surface area contributed by atoms with Crippen LogP contribution < -0.4 is 0 Å². The number of aromatic nitrogens is 3. The van der Waals surface area contributed by atoms with Gasteiger partial charge in [0.2, 0.25) is 5.82 Å². The lowest BCUT2D eigenvalue weighted by Gasteiger charge is -2.02. The zero-order valence-corrected chi connectivity index (χ0v) is 13.9. The van der Waals surface area contributed by atoms with Gasteiger partial charge in [-0.1, -0.05) is 28.4 Å². The van der Waals surface area contributed by atoms with Gasteiger partial charge in [0.05, 0.1) is 10.0 Å². The van der Waals surface area contributed by atoms with Gasteiger partial charge >= 0.3 is 0 Å². The summed E-state index contributed by atoms with van der Waals surface area (Å²) in [6, 6.07) is 17.1. The first kappa shape index (κ1) is 15.0. The molecule has 2 aromatic heterocycles. The number of halogens is 2. The van der Waals surface area contributed by atoms with Crippen molar-refractivity contribution in [3.8, 4) is 28.5 Å². The van der Waals surface area contributed by atoms with Gasteiger partial charge in [-0.15, -0.1) is 0 Å². The third-order valence-electron chi connectivity index (χ3n) is 3.62. The van der Waals surface area contributed by atoms with E-state index in [1.54, 1.807) is 18.2 Å². The van der Waals surface area contributed by atoms with Crippen LogP contribution in [0.1, 0.15) is 0 Å². The molecule has 0 bridgehead atoms. The maximum atomic E-state index is 6.03. The summed E-state index contributed by atoms with van der Waals surface area (Å²) < 4.78 is 7.36. The van der Waals surface area contributed by atoms with Crippen molar-refractivity contribution in [2.75, 3.05) is 0 Å². The first-order chi connectivity index (χ1) is 11.7. The Hall–Kier alpha value is -2.56. The van der Waals surface area contributed by atoms with Gasteiger partial charge in [-0.25, -0.2) is 0 Å². The Morgan fingerprint density at radius 3 is 2.25 bits per heavy atom. The van der Waals surface area contributed by atoms with Crippen molar-refractivity contribution in [1.29, 1.82) is 0 Å². The average Bonchev–Trinajstić information content (AvgIpc) is 3.29. The SMILES string of the molecule is Clc1ccc(-c2nc(-c3ccc(-n4cccc4)cc3)no2)cc1Cl. The molecule has 0 atom stereocenters. The first-order valence-corrected chi connectivity index (χ1v) is 7.99. The highest BCUT2D eigenvalue weighted by Crippen LogP contribution is 2.29. The lowest BCUT2D eigenvalue weighted by atomic mass is 10.2. The Labute approximate surface area is 148 Å². The predicted octanol–water partition coefficient (Wildman–Crippen LogP) is 5.50. The summed E-state index contributed by atoms with van der Waals surface area (Å²) >= 11 is 12.0. The van der Waals surface area contributed by atoms with E-state index < -0.39 is 0 Å². The molecule has 0 amide bonds. The van der Waals surface area contributed by atoms with Crippen molar-refractivity contribution in [3.63, 3.8) is 0 Å². The average molecular weight is 356 g/mol. The van der Waals surface area contributed by atoms with Crippen LogP contribution in [0, 0.1) is 0 Å². The minimum atomic E-state index is 0.401. The second-order valence-electron chi connectivity index (χ2n) is 5.19. The van der Waals surface area contributed by atoms with Crippen molar-refractivity contribution >= 4 is 23.2 Å². The number of nitrogens with zero attached hydrogens (tertiary/aromatic N) is 3. The van der Waals surface area contributed by atoms with E-state index in [4.69, 9.17) is 27.7 Å². The summed E-state index contributed by atoms with van der Waals surface area (Å²) in [6.07, 6.45) is 3.98. The Morgan fingerprint density at radius 2 is 1.54 bits per heavy atom. The first-order valence-electron chi connectivity index (χ1n) is 7.23. The van der Waals surface area contributed by atoms with Crippen LogP contribution in [-0.4, -0.2) is 14.7 Å². The molecule has 0 aliphatic rings. The van der Waals surface area contributed by atoms with E-state index in [1.807, 2.05) is 53.4 Å². The normalized spacial score (nSPS) is 10.9. The lowest BCUT2D eigenvalue weighted by Crippen LogP contribution is -1.89. The molecule has 0 spiro atoms. The highest BCUT2D eigenvalue weighted by Gasteiger charge is 2.12. The molecule has 0 saturated carbocycles. The quantitative estimate of drug-likeness (QED) is 0.487. The summed E-state index contributed by atoms with van der Waals surface area (Å²) in [7, 11) is 0.